The average molecular weight is 364 g/mol. The van der Waals surface area contributed by atoms with Gasteiger partial charge in [-0.05, 0) is 37.0 Å². The van der Waals surface area contributed by atoms with Crippen LogP contribution >= 0.6 is 11.5 Å². The predicted molar refractivity (Wildman–Crippen MR) is 93.1 cm³/mol. The number of nitrogens with one attached hydrogen (secondary N) is 2. The van der Waals surface area contributed by atoms with Gasteiger partial charge in [-0.1, -0.05) is 6.07 Å². The van der Waals surface area contributed by atoms with E-state index in [-0.39, 0.29) is 16.9 Å². The van der Waals surface area contributed by atoms with Crippen LogP contribution in [-0.2, 0) is 9.53 Å². The fourth-order valence-corrected chi connectivity index (χ4v) is 2.80. The van der Waals surface area contributed by atoms with Crippen LogP contribution in [0.15, 0.2) is 18.2 Å². The van der Waals surface area contributed by atoms with Crippen LogP contribution in [0.5, 0.6) is 0 Å². The van der Waals surface area contributed by atoms with Crippen LogP contribution in [0.3, 0.4) is 0 Å². The molecule has 0 saturated carbocycles. The first kappa shape index (κ1) is 18.3. The highest BCUT2D eigenvalue weighted by molar-refractivity contribution is 7.10. The molecule has 0 saturated heterocycles. The van der Waals surface area contributed by atoms with Gasteiger partial charge in [-0.3, -0.25) is 14.9 Å². The minimum atomic E-state index is -0.691. The number of amides is 1. The molecule has 9 nitrogen and oxygen atoms in total. The highest BCUT2D eigenvalue weighted by Gasteiger charge is 2.21. The van der Waals surface area contributed by atoms with Gasteiger partial charge in [0, 0.05) is 13.1 Å². The molecule has 2 N–H and O–H groups in total. The first-order chi connectivity index (χ1) is 11.8. The number of esters is 1. The highest BCUT2D eigenvalue weighted by atomic mass is 32.1. The van der Waals surface area contributed by atoms with Gasteiger partial charge in [0.05, 0.1) is 10.6 Å². The van der Waals surface area contributed by atoms with E-state index in [9.17, 15) is 19.7 Å². The second-order valence-electron chi connectivity index (χ2n) is 5.12. The molecule has 0 aliphatic carbocycles. The van der Waals surface area contributed by atoms with E-state index in [0.717, 1.165) is 11.5 Å². The van der Waals surface area contributed by atoms with Gasteiger partial charge in [-0.15, -0.1) is 0 Å². The van der Waals surface area contributed by atoms with Gasteiger partial charge in [0.15, 0.2) is 6.61 Å². The smallest absolute Gasteiger partial charge is 0.343 e. The van der Waals surface area contributed by atoms with Gasteiger partial charge in [0.1, 0.15) is 16.3 Å². The summed E-state index contributed by atoms with van der Waals surface area (Å²) in [5, 5.41) is 16.8. The second-order valence-corrected chi connectivity index (χ2v) is 5.90. The Morgan fingerprint density at radius 2 is 2.08 bits per heavy atom. The quantitative estimate of drug-likeness (QED) is 0.458. The van der Waals surface area contributed by atoms with Crippen molar-refractivity contribution in [1.82, 2.24) is 4.37 Å². The molecule has 132 valence electrons. The molecule has 0 spiro atoms. The zero-order valence-corrected chi connectivity index (χ0v) is 14.6. The van der Waals surface area contributed by atoms with Crippen LogP contribution in [0.25, 0.3) is 0 Å². The summed E-state index contributed by atoms with van der Waals surface area (Å²) in [6.45, 7) is 2.79. The normalized spacial score (nSPS) is 10.2. The summed E-state index contributed by atoms with van der Waals surface area (Å²) in [6.07, 6.45) is 0. The number of aryl methyl sites for hydroxylation is 2. The average Bonchev–Trinajstić information content (AvgIpc) is 2.95. The van der Waals surface area contributed by atoms with E-state index < -0.39 is 23.4 Å². The maximum Gasteiger partial charge on any atom is 0.343 e. The Hall–Kier alpha value is -3.01. The zero-order valence-electron chi connectivity index (χ0n) is 13.8. The third-order valence-corrected chi connectivity index (χ3v) is 4.21. The van der Waals surface area contributed by atoms with Gasteiger partial charge in [0.25, 0.3) is 11.6 Å². The molecular formula is C15H16N4O5S. The number of hydrogen-bond donors (Lipinski definition) is 2. The van der Waals surface area contributed by atoms with Gasteiger partial charge >= 0.3 is 5.97 Å². The van der Waals surface area contributed by atoms with E-state index in [1.807, 2.05) is 0 Å². The molecular weight excluding hydrogens is 348 g/mol. The molecule has 10 heteroatoms. The number of nitro groups is 1. The van der Waals surface area contributed by atoms with Crippen molar-refractivity contribution in [2.75, 3.05) is 24.3 Å². The molecule has 0 radical (unpaired) electrons. The lowest BCUT2D eigenvalue weighted by molar-refractivity contribution is -0.384. The van der Waals surface area contributed by atoms with Crippen LogP contribution < -0.4 is 10.6 Å². The summed E-state index contributed by atoms with van der Waals surface area (Å²) in [7, 11) is 1.65. The van der Waals surface area contributed by atoms with Crippen molar-refractivity contribution < 1.29 is 19.2 Å². The SMILES string of the molecule is CNc1snc(C)c1C(=O)OCC(=O)Nc1ccc(C)cc1[N+](=O)[O-]. The largest absolute Gasteiger partial charge is 0.452 e. The molecule has 0 aliphatic heterocycles. The molecule has 2 aromatic rings. The maximum atomic E-state index is 12.1. The molecule has 1 amide bonds. The number of hydrogen-bond acceptors (Lipinski definition) is 8. The summed E-state index contributed by atoms with van der Waals surface area (Å²) in [4.78, 5) is 34.5. The van der Waals surface area contributed by atoms with E-state index in [2.05, 4.69) is 15.0 Å². The lowest BCUT2D eigenvalue weighted by Crippen LogP contribution is -2.22. The van der Waals surface area contributed by atoms with Crippen LogP contribution in [0.4, 0.5) is 16.4 Å². The Morgan fingerprint density at radius 3 is 2.72 bits per heavy atom. The maximum absolute atomic E-state index is 12.1. The molecule has 1 aromatic heterocycles. The van der Waals surface area contributed by atoms with Crippen molar-refractivity contribution in [3.8, 4) is 0 Å². The Labute approximate surface area is 147 Å². The molecule has 1 heterocycles. The van der Waals surface area contributed by atoms with Crippen LogP contribution in [-0.4, -0.2) is 34.8 Å². The van der Waals surface area contributed by atoms with E-state index in [4.69, 9.17) is 4.74 Å². The lowest BCUT2D eigenvalue weighted by Gasteiger charge is -2.08. The number of anilines is 2. The molecule has 0 unspecified atom stereocenters. The standard InChI is InChI=1S/C15H16N4O5S/c1-8-4-5-10(11(6-8)19(22)23)17-12(20)7-24-15(21)13-9(2)18-25-14(13)16-3/h4-6,16H,7H2,1-3H3,(H,17,20). The van der Waals surface area contributed by atoms with E-state index in [0.29, 0.717) is 16.3 Å². The number of carbonyl (C=O) groups is 2. The number of rotatable bonds is 6. The van der Waals surface area contributed by atoms with Crippen LogP contribution in [0.2, 0.25) is 0 Å². The Bertz CT molecular complexity index is 833. The van der Waals surface area contributed by atoms with Crippen LogP contribution in [0, 0.1) is 24.0 Å². The molecule has 25 heavy (non-hydrogen) atoms. The number of nitrogens with zero attached hydrogens (tertiary/aromatic N) is 2. The lowest BCUT2D eigenvalue weighted by atomic mass is 10.2. The topological polar surface area (TPSA) is 123 Å². The summed E-state index contributed by atoms with van der Waals surface area (Å²) >= 11 is 1.11. The molecule has 0 bridgehead atoms. The minimum Gasteiger partial charge on any atom is -0.452 e. The van der Waals surface area contributed by atoms with Crippen molar-refractivity contribution in [1.29, 1.82) is 0 Å². The van der Waals surface area contributed by atoms with Gasteiger partial charge < -0.3 is 15.4 Å². The number of ether oxygens (including phenoxy) is 1. The van der Waals surface area contributed by atoms with Crippen molar-refractivity contribution in [3.05, 3.63) is 45.1 Å². The van der Waals surface area contributed by atoms with Crippen molar-refractivity contribution in [3.63, 3.8) is 0 Å². The van der Waals surface area contributed by atoms with Crippen molar-refractivity contribution in [2.24, 2.45) is 0 Å². The van der Waals surface area contributed by atoms with Gasteiger partial charge in [0.2, 0.25) is 0 Å². The second kappa shape index (κ2) is 7.71. The van der Waals surface area contributed by atoms with Crippen LogP contribution in [0.1, 0.15) is 21.6 Å². The third kappa shape index (κ3) is 4.29. The summed E-state index contributed by atoms with van der Waals surface area (Å²) in [6, 6.07) is 4.41. The number of aromatic nitrogens is 1. The Morgan fingerprint density at radius 1 is 1.36 bits per heavy atom. The first-order valence-electron chi connectivity index (χ1n) is 7.19. The van der Waals surface area contributed by atoms with Gasteiger partial charge in [-0.25, -0.2) is 4.79 Å². The number of nitro benzene ring substituents is 1. The van der Waals surface area contributed by atoms with Crippen molar-refractivity contribution >= 4 is 39.8 Å². The van der Waals surface area contributed by atoms with E-state index >= 15 is 0 Å². The monoisotopic (exact) mass is 364 g/mol. The number of benzene rings is 1. The molecule has 1 aromatic carbocycles. The molecule has 2 rings (SSSR count). The zero-order chi connectivity index (χ0) is 18.6. The van der Waals surface area contributed by atoms with Gasteiger partial charge in [-0.2, -0.15) is 4.37 Å². The highest BCUT2D eigenvalue weighted by Crippen LogP contribution is 2.26. The predicted octanol–water partition coefficient (Wildman–Crippen LogP) is 2.51. The summed E-state index contributed by atoms with van der Waals surface area (Å²) in [5.41, 5.74) is 1.27. The van der Waals surface area contributed by atoms with Crippen molar-refractivity contribution in [2.45, 2.75) is 13.8 Å². The fraction of sp³-hybridized carbons (Fsp3) is 0.267. The first-order valence-corrected chi connectivity index (χ1v) is 7.97. The Balaban J connectivity index is 2.03. The molecule has 0 atom stereocenters. The van der Waals surface area contributed by atoms with E-state index in [1.165, 1.54) is 12.1 Å². The van der Waals surface area contributed by atoms with E-state index in [1.54, 1.807) is 27.0 Å². The Kier molecular flexibility index (Phi) is 5.65. The minimum absolute atomic E-state index is 0.0425. The third-order valence-electron chi connectivity index (χ3n) is 3.25. The molecule has 0 fully saturated rings. The number of carbonyl (C=O) groups excluding carboxylic acids is 2. The fourth-order valence-electron chi connectivity index (χ4n) is 2.07. The summed E-state index contributed by atoms with van der Waals surface area (Å²) in [5.74, 6) is -1.36. The molecule has 0 aliphatic rings. The summed E-state index contributed by atoms with van der Waals surface area (Å²) < 4.78 is 9.02.